The van der Waals surface area contributed by atoms with E-state index in [0.29, 0.717) is 16.4 Å². The fourth-order valence-electron chi connectivity index (χ4n) is 1.98. The fourth-order valence-corrected chi connectivity index (χ4v) is 2.17. The molecule has 2 N–H and O–H groups in total. The molecule has 0 aliphatic carbocycles. The normalized spacial score (nSPS) is 10.6. The second-order valence-corrected chi connectivity index (χ2v) is 4.61. The highest BCUT2D eigenvalue weighted by molar-refractivity contribution is 6.30. The largest absolute Gasteiger partial charge is 0.504 e. The van der Waals surface area contributed by atoms with Crippen LogP contribution in [0, 0.1) is 0 Å². The fraction of sp³-hybridized carbons (Fsp3) is 0. The summed E-state index contributed by atoms with van der Waals surface area (Å²) >= 11 is 5.95. The second-order valence-electron chi connectivity index (χ2n) is 4.17. The van der Waals surface area contributed by atoms with Crippen molar-refractivity contribution in [2.24, 2.45) is 0 Å². The van der Waals surface area contributed by atoms with Crippen molar-refractivity contribution < 1.29 is 5.11 Å². The van der Waals surface area contributed by atoms with E-state index in [1.165, 1.54) is 0 Å². The first-order chi connectivity index (χ1) is 9.25. The van der Waals surface area contributed by atoms with Crippen LogP contribution in [0.5, 0.6) is 5.75 Å². The Morgan fingerprint density at radius 2 is 1.68 bits per heavy atom. The van der Waals surface area contributed by atoms with Crippen molar-refractivity contribution in [1.29, 1.82) is 0 Å². The van der Waals surface area contributed by atoms with Crippen molar-refractivity contribution in [3.63, 3.8) is 0 Å². The summed E-state index contributed by atoms with van der Waals surface area (Å²) in [5, 5.41) is 17.9. The minimum Gasteiger partial charge on any atom is -0.504 e. The number of nitrogens with one attached hydrogen (secondary N) is 1. The van der Waals surface area contributed by atoms with Gasteiger partial charge in [-0.1, -0.05) is 54.1 Å². The molecule has 0 spiro atoms. The number of halogens is 1. The smallest absolute Gasteiger partial charge is 0.169 e. The van der Waals surface area contributed by atoms with E-state index >= 15 is 0 Å². The zero-order valence-electron chi connectivity index (χ0n) is 9.97. The van der Waals surface area contributed by atoms with Crippen LogP contribution in [-0.4, -0.2) is 15.3 Å². The van der Waals surface area contributed by atoms with Gasteiger partial charge in [-0.05, 0) is 12.1 Å². The summed E-state index contributed by atoms with van der Waals surface area (Å²) in [6.45, 7) is 0. The molecular weight excluding hydrogens is 260 g/mol. The predicted molar refractivity (Wildman–Crippen MR) is 76.1 cm³/mol. The molecule has 0 bridgehead atoms. The standard InChI is InChI=1S/C15H11ClN2O/c16-12-8-4-7-11(9-12)14-15(19)13(17-18-14)10-5-2-1-3-6-10/h1-9,19H,(H,17,18). The van der Waals surface area contributed by atoms with Crippen LogP contribution in [0.4, 0.5) is 0 Å². The van der Waals surface area contributed by atoms with Crippen LogP contribution in [0.3, 0.4) is 0 Å². The molecule has 1 heterocycles. The summed E-state index contributed by atoms with van der Waals surface area (Å²) in [7, 11) is 0. The summed E-state index contributed by atoms with van der Waals surface area (Å²) in [5.41, 5.74) is 2.78. The van der Waals surface area contributed by atoms with Crippen LogP contribution >= 0.6 is 11.6 Å². The maximum atomic E-state index is 10.3. The lowest BCUT2D eigenvalue weighted by Crippen LogP contribution is -1.78. The zero-order valence-corrected chi connectivity index (χ0v) is 10.7. The number of aromatic amines is 1. The number of aromatic hydroxyl groups is 1. The van der Waals surface area contributed by atoms with E-state index in [1.807, 2.05) is 42.5 Å². The molecule has 1 aromatic heterocycles. The molecule has 94 valence electrons. The van der Waals surface area contributed by atoms with Gasteiger partial charge in [0.15, 0.2) is 5.75 Å². The van der Waals surface area contributed by atoms with Crippen molar-refractivity contribution in [2.45, 2.75) is 0 Å². The van der Waals surface area contributed by atoms with Gasteiger partial charge in [-0.3, -0.25) is 5.10 Å². The SMILES string of the molecule is Oc1c(-c2cccc(Cl)c2)n[nH]c1-c1ccccc1. The molecule has 2 aromatic carbocycles. The van der Waals surface area contributed by atoms with Crippen LogP contribution in [0.2, 0.25) is 5.02 Å². The van der Waals surface area contributed by atoms with E-state index in [9.17, 15) is 5.11 Å². The summed E-state index contributed by atoms with van der Waals surface area (Å²) in [6.07, 6.45) is 0. The average Bonchev–Trinajstić information content (AvgIpc) is 2.81. The Balaban J connectivity index is 2.09. The molecule has 3 rings (SSSR count). The highest BCUT2D eigenvalue weighted by Crippen LogP contribution is 2.36. The van der Waals surface area contributed by atoms with Gasteiger partial charge in [0.05, 0.1) is 0 Å². The molecular formula is C15H11ClN2O. The first-order valence-electron chi connectivity index (χ1n) is 5.84. The van der Waals surface area contributed by atoms with Crippen molar-refractivity contribution in [1.82, 2.24) is 10.2 Å². The van der Waals surface area contributed by atoms with Crippen LogP contribution < -0.4 is 0 Å². The lowest BCUT2D eigenvalue weighted by atomic mass is 10.1. The monoisotopic (exact) mass is 270 g/mol. The summed E-state index contributed by atoms with van der Waals surface area (Å²) in [4.78, 5) is 0. The number of hydrogen-bond acceptors (Lipinski definition) is 2. The Hall–Kier alpha value is -2.26. The molecule has 0 saturated carbocycles. The van der Waals surface area contributed by atoms with Gasteiger partial charge in [0.2, 0.25) is 0 Å². The van der Waals surface area contributed by atoms with Gasteiger partial charge in [0, 0.05) is 16.1 Å². The molecule has 0 radical (unpaired) electrons. The van der Waals surface area contributed by atoms with Crippen LogP contribution in [-0.2, 0) is 0 Å². The molecule has 0 amide bonds. The van der Waals surface area contributed by atoms with Crippen molar-refractivity contribution >= 4 is 11.6 Å². The predicted octanol–water partition coefficient (Wildman–Crippen LogP) is 4.10. The van der Waals surface area contributed by atoms with Gasteiger partial charge in [-0.25, -0.2) is 0 Å². The number of benzene rings is 2. The molecule has 3 aromatic rings. The number of H-pyrrole nitrogens is 1. The van der Waals surface area contributed by atoms with Gasteiger partial charge in [-0.2, -0.15) is 5.10 Å². The quantitative estimate of drug-likeness (QED) is 0.736. The van der Waals surface area contributed by atoms with Gasteiger partial charge in [0.25, 0.3) is 0 Å². The van der Waals surface area contributed by atoms with Crippen molar-refractivity contribution in [3.8, 4) is 28.3 Å². The highest BCUT2D eigenvalue weighted by Gasteiger charge is 2.15. The first kappa shape index (κ1) is 11.8. The van der Waals surface area contributed by atoms with Crippen LogP contribution in [0.1, 0.15) is 0 Å². The molecule has 0 aliphatic heterocycles. The molecule has 0 aliphatic rings. The molecule has 0 saturated heterocycles. The molecule has 0 unspecified atom stereocenters. The third kappa shape index (κ3) is 2.20. The van der Waals surface area contributed by atoms with Crippen molar-refractivity contribution in [2.75, 3.05) is 0 Å². The van der Waals surface area contributed by atoms with Crippen LogP contribution in [0.15, 0.2) is 54.6 Å². The average molecular weight is 271 g/mol. The van der Waals surface area contributed by atoms with E-state index in [1.54, 1.807) is 12.1 Å². The minimum atomic E-state index is 0.133. The van der Waals surface area contributed by atoms with E-state index in [2.05, 4.69) is 10.2 Å². The second kappa shape index (κ2) is 4.78. The lowest BCUT2D eigenvalue weighted by Gasteiger charge is -2.00. The molecule has 19 heavy (non-hydrogen) atoms. The third-order valence-electron chi connectivity index (χ3n) is 2.90. The van der Waals surface area contributed by atoms with Gasteiger partial charge in [-0.15, -0.1) is 0 Å². The van der Waals surface area contributed by atoms with E-state index < -0.39 is 0 Å². The summed E-state index contributed by atoms with van der Waals surface area (Å²) in [6, 6.07) is 16.8. The summed E-state index contributed by atoms with van der Waals surface area (Å²) < 4.78 is 0. The topological polar surface area (TPSA) is 48.9 Å². The Morgan fingerprint density at radius 3 is 2.42 bits per heavy atom. The first-order valence-corrected chi connectivity index (χ1v) is 6.22. The zero-order chi connectivity index (χ0) is 13.2. The number of rotatable bonds is 2. The molecule has 4 heteroatoms. The molecule has 0 atom stereocenters. The Bertz CT molecular complexity index is 707. The third-order valence-corrected chi connectivity index (χ3v) is 3.14. The maximum absolute atomic E-state index is 10.3. The van der Waals surface area contributed by atoms with E-state index in [0.717, 1.165) is 11.1 Å². The number of aromatic nitrogens is 2. The Kier molecular flexibility index (Phi) is 2.97. The molecule has 3 nitrogen and oxygen atoms in total. The van der Waals surface area contributed by atoms with E-state index in [4.69, 9.17) is 11.6 Å². The summed E-state index contributed by atoms with van der Waals surface area (Å²) in [5.74, 6) is 0.133. The van der Waals surface area contributed by atoms with Crippen molar-refractivity contribution in [3.05, 3.63) is 59.6 Å². The Labute approximate surface area is 115 Å². The Morgan fingerprint density at radius 1 is 0.947 bits per heavy atom. The highest BCUT2D eigenvalue weighted by atomic mass is 35.5. The number of nitrogens with zero attached hydrogens (tertiary/aromatic N) is 1. The van der Waals surface area contributed by atoms with Gasteiger partial charge < -0.3 is 5.11 Å². The maximum Gasteiger partial charge on any atom is 0.169 e. The molecule has 0 fully saturated rings. The van der Waals surface area contributed by atoms with Gasteiger partial charge >= 0.3 is 0 Å². The number of hydrogen-bond donors (Lipinski definition) is 2. The minimum absolute atomic E-state index is 0.133. The lowest BCUT2D eigenvalue weighted by molar-refractivity contribution is 0.479. The van der Waals surface area contributed by atoms with Gasteiger partial charge in [0.1, 0.15) is 11.4 Å². The van der Waals surface area contributed by atoms with Crippen LogP contribution in [0.25, 0.3) is 22.5 Å². The van der Waals surface area contributed by atoms with E-state index in [-0.39, 0.29) is 5.75 Å².